The number of piperidine rings is 1. The molecule has 2 aliphatic rings. The van der Waals surface area contributed by atoms with Crippen molar-refractivity contribution in [3.05, 3.63) is 44.5 Å². The standard InChI is InChI=1S/C27H33ClFN3O6/c1-27(2,3)38-26(36)20(30-4)19(28)14-8-10-31(11-9-14)22-18(29)12-16-21(24(22)37-5)32(15-6-7-15)13-17(23(16)33)25(34)35/h12-13,15,20,30H,6-11H2,1-5H3,(H,34,35). The monoisotopic (exact) mass is 549 g/mol. The normalized spacial score (nSPS) is 16.9. The summed E-state index contributed by atoms with van der Waals surface area (Å²) < 4.78 is 28.5. The van der Waals surface area contributed by atoms with Gasteiger partial charge in [-0.3, -0.25) is 4.79 Å². The Kier molecular flexibility index (Phi) is 7.76. The molecule has 0 spiro atoms. The number of hydrogen-bond acceptors (Lipinski definition) is 7. The van der Waals surface area contributed by atoms with Crippen LogP contribution in [-0.4, -0.2) is 60.5 Å². The van der Waals surface area contributed by atoms with Gasteiger partial charge in [0.25, 0.3) is 0 Å². The van der Waals surface area contributed by atoms with Gasteiger partial charge in [0.15, 0.2) is 11.6 Å². The number of methoxy groups -OCH3 is 1. The van der Waals surface area contributed by atoms with Crippen LogP contribution in [0.15, 0.2) is 27.7 Å². The third-order valence-corrected chi connectivity index (χ3v) is 7.26. The second-order valence-corrected chi connectivity index (χ2v) is 11.1. The van der Waals surface area contributed by atoms with Gasteiger partial charge in [0.2, 0.25) is 5.43 Å². The molecule has 2 fully saturated rings. The van der Waals surface area contributed by atoms with E-state index >= 15 is 4.39 Å². The number of nitrogens with one attached hydrogen (secondary N) is 1. The molecular weight excluding hydrogens is 517 g/mol. The van der Waals surface area contributed by atoms with Gasteiger partial charge in [-0.25, -0.2) is 14.0 Å². The molecule has 0 radical (unpaired) electrons. The Hall–Kier alpha value is -3.11. The Morgan fingerprint density at radius 2 is 1.87 bits per heavy atom. The van der Waals surface area contributed by atoms with E-state index in [0.29, 0.717) is 36.5 Å². The van der Waals surface area contributed by atoms with Gasteiger partial charge in [-0.05, 0) is 65.1 Å². The van der Waals surface area contributed by atoms with Crippen molar-refractivity contribution < 1.29 is 28.6 Å². The van der Waals surface area contributed by atoms with E-state index in [2.05, 4.69) is 5.32 Å². The summed E-state index contributed by atoms with van der Waals surface area (Å²) in [6, 6.07) is 0.323. The maximum Gasteiger partial charge on any atom is 0.341 e. The molecule has 0 amide bonds. The van der Waals surface area contributed by atoms with E-state index in [1.807, 2.05) is 4.90 Å². The molecule has 1 aliphatic carbocycles. The van der Waals surface area contributed by atoms with Crippen molar-refractivity contribution in [3.63, 3.8) is 0 Å². The molecular formula is C27H33ClFN3O6. The van der Waals surface area contributed by atoms with Crippen LogP contribution in [0.4, 0.5) is 10.1 Å². The minimum Gasteiger partial charge on any atom is -0.492 e. The van der Waals surface area contributed by atoms with E-state index in [-0.39, 0.29) is 22.9 Å². The lowest BCUT2D eigenvalue weighted by molar-refractivity contribution is -0.156. The van der Waals surface area contributed by atoms with Crippen LogP contribution in [0.5, 0.6) is 5.75 Å². The molecule has 1 unspecified atom stereocenters. The Labute approximate surface area is 225 Å². The van der Waals surface area contributed by atoms with Crippen LogP contribution < -0.4 is 20.4 Å². The summed E-state index contributed by atoms with van der Waals surface area (Å²) in [4.78, 5) is 39.1. The van der Waals surface area contributed by atoms with Crippen LogP contribution in [0.25, 0.3) is 10.9 Å². The number of ether oxygens (including phenoxy) is 2. The van der Waals surface area contributed by atoms with E-state index in [1.165, 1.54) is 13.3 Å². The number of aromatic nitrogens is 1. The van der Waals surface area contributed by atoms with Crippen LogP contribution in [-0.2, 0) is 9.53 Å². The highest BCUT2D eigenvalue weighted by Crippen LogP contribution is 2.44. The molecule has 4 rings (SSSR count). The Bertz CT molecular complexity index is 1370. The van der Waals surface area contributed by atoms with Gasteiger partial charge in [0.1, 0.15) is 22.9 Å². The molecule has 11 heteroatoms. The Morgan fingerprint density at radius 3 is 2.37 bits per heavy atom. The van der Waals surface area contributed by atoms with Crippen LogP contribution in [0.3, 0.4) is 0 Å². The molecule has 2 N–H and O–H groups in total. The average molecular weight is 550 g/mol. The van der Waals surface area contributed by atoms with Crippen molar-refractivity contribution in [1.82, 2.24) is 9.88 Å². The number of aromatic carboxylic acids is 1. The minimum atomic E-state index is -1.35. The zero-order valence-corrected chi connectivity index (χ0v) is 22.9. The van der Waals surface area contributed by atoms with Crippen LogP contribution in [0.2, 0.25) is 0 Å². The number of nitrogens with zero attached hydrogens (tertiary/aromatic N) is 2. The van der Waals surface area contributed by atoms with Gasteiger partial charge >= 0.3 is 11.9 Å². The Balaban J connectivity index is 1.70. The number of carboxylic acids is 1. The minimum absolute atomic E-state index is 0.0180. The largest absolute Gasteiger partial charge is 0.492 e. The molecule has 1 atom stereocenters. The van der Waals surface area contributed by atoms with Crippen molar-refractivity contribution in [1.29, 1.82) is 0 Å². The van der Waals surface area contributed by atoms with E-state index in [1.54, 1.807) is 32.4 Å². The molecule has 9 nitrogen and oxygen atoms in total. The SMILES string of the molecule is CNC(C(=O)OC(C)(C)C)C(Cl)=C1CCN(c2c(F)cc3c(=O)c(C(=O)O)cn(C4CC4)c3c2OC)CC1. The highest BCUT2D eigenvalue weighted by atomic mass is 35.5. The van der Waals surface area contributed by atoms with E-state index in [4.69, 9.17) is 21.1 Å². The number of pyridine rings is 1. The summed E-state index contributed by atoms with van der Waals surface area (Å²) in [6.07, 6.45) is 3.95. The second-order valence-electron chi connectivity index (χ2n) is 10.6. The van der Waals surface area contributed by atoms with Crippen LogP contribution in [0.1, 0.15) is 62.9 Å². The van der Waals surface area contributed by atoms with Crippen molar-refractivity contribution in [2.45, 2.75) is 64.1 Å². The molecule has 1 aliphatic heterocycles. The smallest absolute Gasteiger partial charge is 0.341 e. The molecule has 1 aromatic heterocycles. The molecule has 0 bridgehead atoms. The number of hydrogen-bond donors (Lipinski definition) is 2. The number of likely N-dealkylation sites (N-methyl/N-ethyl adjacent to an activating group) is 1. The first kappa shape index (κ1) is 27.9. The van der Waals surface area contributed by atoms with Crippen LogP contribution in [0, 0.1) is 5.82 Å². The fourth-order valence-electron chi connectivity index (χ4n) is 4.88. The van der Waals surface area contributed by atoms with E-state index in [9.17, 15) is 19.5 Å². The van der Waals surface area contributed by atoms with Gasteiger partial charge in [-0.1, -0.05) is 11.6 Å². The molecule has 2 aromatic rings. The summed E-state index contributed by atoms with van der Waals surface area (Å²) in [7, 11) is 3.05. The molecule has 1 saturated carbocycles. The molecule has 1 aromatic carbocycles. The summed E-state index contributed by atoms with van der Waals surface area (Å²) in [5.74, 6) is -2.30. The van der Waals surface area contributed by atoms with E-state index < -0.39 is 40.4 Å². The summed E-state index contributed by atoms with van der Waals surface area (Å²) in [5.41, 5.74) is -0.331. The van der Waals surface area contributed by atoms with Crippen LogP contribution >= 0.6 is 11.6 Å². The number of benzene rings is 1. The van der Waals surface area contributed by atoms with Crippen molar-refractivity contribution in [2.24, 2.45) is 0 Å². The lowest BCUT2D eigenvalue weighted by Crippen LogP contribution is -2.41. The first-order valence-corrected chi connectivity index (χ1v) is 13.0. The third-order valence-electron chi connectivity index (χ3n) is 6.78. The van der Waals surface area contributed by atoms with Crippen molar-refractivity contribution in [3.8, 4) is 5.75 Å². The summed E-state index contributed by atoms with van der Waals surface area (Å²) in [6.45, 7) is 6.15. The molecule has 206 valence electrons. The Morgan fingerprint density at radius 1 is 1.24 bits per heavy atom. The topological polar surface area (TPSA) is 110 Å². The summed E-state index contributed by atoms with van der Waals surface area (Å²) in [5, 5.41) is 12.8. The number of anilines is 1. The predicted molar refractivity (Wildman–Crippen MR) is 143 cm³/mol. The molecule has 1 saturated heterocycles. The lowest BCUT2D eigenvalue weighted by Gasteiger charge is -2.33. The van der Waals surface area contributed by atoms with Crippen molar-refractivity contribution in [2.75, 3.05) is 32.1 Å². The first-order valence-electron chi connectivity index (χ1n) is 12.6. The fourth-order valence-corrected chi connectivity index (χ4v) is 5.26. The highest BCUT2D eigenvalue weighted by molar-refractivity contribution is 6.32. The lowest BCUT2D eigenvalue weighted by atomic mass is 9.99. The first-order chi connectivity index (χ1) is 17.9. The molecule has 2 heterocycles. The molecule has 38 heavy (non-hydrogen) atoms. The zero-order valence-electron chi connectivity index (χ0n) is 22.2. The maximum absolute atomic E-state index is 15.6. The number of carboxylic acid groups (broad SMARTS) is 1. The quantitative estimate of drug-likeness (QED) is 0.494. The fraction of sp³-hybridized carbons (Fsp3) is 0.519. The van der Waals surface area contributed by atoms with E-state index in [0.717, 1.165) is 24.5 Å². The van der Waals surface area contributed by atoms with Gasteiger partial charge in [0, 0.05) is 30.4 Å². The number of carbonyl (C=O) groups is 2. The van der Waals surface area contributed by atoms with Gasteiger partial charge in [0.05, 0.1) is 18.0 Å². The highest BCUT2D eigenvalue weighted by Gasteiger charge is 2.33. The van der Waals surface area contributed by atoms with Gasteiger partial charge in [-0.15, -0.1) is 0 Å². The van der Waals surface area contributed by atoms with Gasteiger partial charge in [-0.2, -0.15) is 0 Å². The number of carbonyl (C=O) groups excluding carboxylic acids is 1. The second kappa shape index (κ2) is 10.6. The average Bonchev–Trinajstić information content (AvgIpc) is 3.68. The zero-order chi connectivity index (χ0) is 27.9. The summed E-state index contributed by atoms with van der Waals surface area (Å²) >= 11 is 6.64. The number of fused-ring (bicyclic) bond motifs is 1. The van der Waals surface area contributed by atoms with Crippen molar-refractivity contribution >= 4 is 40.1 Å². The predicted octanol–water partition coefficient (Wildman–Crippen LogP) is 4.21. The third kappa shape index (κ3) is 5.37. The number of rotatable bonds is 7. The number of esters is 1. The number of halogens is 2. The maximum atomic E-state index is 15.6. The van der Waals surface area contributed by atoms with Gasteiger partial charge < -0.3 is 29.4 Å².